The molecule has 1 aromatic rings. The Bertz CT molecular complexity index is 230. The molecule has 1 atom stereocenters. The topological polar surface area (TPSA) is 46.5 Å². The Morgan fingerprint density at radius 3 is 2.91 bits per heavy atom. The fourth-order valence-corrected chi connectivity index (χ4v) is 1.48. The molecule has 3 nitrogen and oxygen atoms in total. The maximum atomic E-state index is 10.5. The van der Waals surface area contributed by atoms with Crippen molar-refractivity contribution in [2.24, 2.45) is 0 Å². The van der Waals surface area contributed by atoms with E-state index in [1.807, 2.05) is 5.38 Å². The van der Waals surface area contributed by atoms with Crippen LogP contribution in [0.15, 0.2) is 16.8 Å². The molecule has 60 valence electrons. The molecule has 0 aliphatic carbocycles. The summed E-state index contributed by atoms with van der Waals surface area (Å²) in [5.41, 5.74) is 0.699. The number of hydrogen-bond donors (Lipinski definition) is 1. The lowest BCUT2D eigenvalue weighted by Crippen LogP contribution is -2.12. The molecule has 0 saturated heterocycles. The maximum Gasteiger partial charge on any atom is 0.337 e. The summed E-state index contributed by atoms with van der Waals surface area (Å²) in [6.07, 6.45) is -0.818. The Labute approximate surface area is 68.2 Å². The SMILES string of the molecule is COC(C(=O)O)c1ccsc1. The predicted octanol–water partition coefficient (Wildman–Crippen LogP) is 1.52. The van der Waals surface area contributed by atoms with Crippen LogP contribution in [0.1, 0.15) is 11.7 Å². The van der Waals surface area contributed by atoms with E-state index in [9.17, 15) is 4.79 Å². The highest BCUT2D eigenvalue weighted by Crippen LogP contribution is 2.19. The minimum absolute atomic E-state index is 0.699. The molecule has 4 heteroatoms. The molecule has 11 heavy (non-hydrogen) atoms. The Kier molecular flexibility index (Phi) is 2.62. The molecule has 0 radical (unpaired) electrons. The smallest absolute Gasteiger partial charge is 0.337 e. The minimum atomic E-state index is -0.953. The first-order valence-electron chi connectivity index (χ1n) is 3.03. The normalized spacial score (nSPS) is 12.8. The number of hydrogen-bond acceptors (Lipinski definition) is 3. The summed E-state index contributed by atoms with van der Waals surface area (Å²) in [6, 6.07) is 1.74. The molecular formula is C7H8O3S. The molecule has 0 fully saturated rings. The van der Waals surface area contributed by atoms with Crippen LogP contribution < -0.4 is 0 Å². The molecule has 0 aliphatic heterocycles. The van der Waals surface area contributed by atoms with Crippen LogP contribution in [0, 0.1) is 0 Å². The lowest BCUT2D eigenvalue weighted by molar-refractivity contribution is -0.148. The van der Waals surface area contributed by atoms with Crippen molar-refractivity contribution >= 4 is 17.3 Å². The fourth-order valence-electron chi connectivity index (χ4n) is 0.804. The summed E-state index contributed by atoms with van der Waals surface area (Å²) in [4.78, 5) is 10.5. The van der Waals surface area contributed by atoms with Crippen molar-refractivity contribution in [2.45, 2.75) is 6.10 Å². The van der Waals surface area contributed by atoms with Gasteiger partial charge in [0, 0.05) is 12.7 Å². The summed E-state index contributed by atoms with van der Waals surface area (Å²) in [6.45, 7) is 0. The van der Waals surface area contributed by atoms with Gasteiger partial charge in [-0.05, 0) is 16.8 Å². The van der Waals surface area contributed by atoms with E-state index in [2.05, 4.69) is 0 Å². The van der Waals surface area contributed by atoms with Crippen LogP contribution in [-0.4, -0.2) is 18.2 Å². The summed E-state index contributed by atoms with van der Waals surface area (Å²) >= 11 is 1.46. The lowest BCUT2D eigenvalue weighted by Gasteiger charge is -2.06. The second kappa shape index (κ2) is 3.50. The molecule has 0 bridgehead atoms. The standard InChI is InChI=1S/C7H8O3S/c1-10-6(7(8)9)5-2-3-11-4-5/h2-4,6H,1H3,(H,8,9). The molecule has 1 aromatic heterocycles. The van der Waals surface area contributed by atoms with Gasteiger partial charge in [-0.15, -0.1) is 0 Å². The summed E-state index contributed by atoms with van der Waals surface area (Å²) < 4.78 is 4.76. The second-order valence-corrected chi connectivity index (χ2v) is 2.79. The van der Waals surface area contributed by atoms with E-state index in [0.717, 1.165) is 0 Å². The first-order valence-corrected chi connectivity index (χ1v) is 3.97. The molecule has 1 unspecified atom stereocenters. The van der Waals surface area contributed by atoms with Crippen LogP contribution in [-0.2, 0) is 9.53 Å². The quantitative estimate of drug-likeness (QED) is 0.751. The van der Waals surface area contributed by atoms with Crippen LogP contribution >= 0.6 is 11.3 Å². The molecule has 0 saturated carbocycles. The zero-order chi connectivity index (χ0) is 8.27. The molecular weight excluding hydrogens is 164 g/mol. The van der Waals surface area contributed by atoms with Gasteiger partial charge in [0.2, 0.25) is 0 Å². The van der Waals surface area contributed by atoms with Crippen LogP contribution in [0.25, 0.3) is 0 Å². The van der Waals surface area contributed by atoms with E-state index in [4.69, 9.17) is 9.84 Å². The number of thiophene rings is 1. The number of ether oxygens (including phenoxy) is 1. The molecule has 1 heterocycles. The number of carboxylic acids is 1. The lowest BCUT2D eigenvalue weighted by atomic mass is 10.2. The van der Waals surface area contributed by atoms with E-state index in [-0.39, 0.29) is 0 Å². The largest absolute Gasteiger partial charge is 0.479 e. The third-order valence-corrected chi connectivity index (χ3v) is 2.01. The van der Waals surface area contributed by atoms with Crippen molar-refractivity contribution in [3.63, 3.8) is 0 Å². The van der Waals surface area contributed by atoms with Gasteiger partial charge in [-0.2, -0.15) is 11.3 Å². The van der Waals surface area contributed by atoms with Crippen LogP contribution in [0.5, 0.6) is 0 Å². The second-order valence-electron chi connectivity index (χ2n) is 2.01. The predicted molar refractivity (Wildman–Crippen MR) is 41.7 cm³/mol. The third kappa shape index (κ3) is 1.78. The third-order valence-electron chi connectivity index (χ3n) is 1.31. The first kappa shape index (κ1) is 8.23. The highest BCUT2D eigenvalue weighted by molar-refractivity contribution is 7.08. The van der Waals surface area contributed by atoms with E-state index >= 15 is 0 Å². The van der Waals surface area contributed by atoms with Crippen molar-refractivity contribution in [3.05, 3.63) is 22.4 Å². The van der Waals surface area contributed by atoms with Gasteiger partial charge in [0.1, 0.15) is 0 Å². The maximum absolute atomic E-state index is 10.5. The van der Waals surface area contributed by atoms with Gasteiger partial charge >= 0.3 is 5.97 Å². The number of methoxy groups -OCH3 is 1. The van der Waals surface area contributed by atoms with Gasteiger partial charge in [0.25, 0.3) is 0 Å². The van der Waals surface area contributed by atoms with Gasteiger partial charge < -0.3 is 9.84 Å². The van der Waals surface area contributed by atoms with Crippen molar-refractivity contribution in [1.82, 2.24) is 0 Å². The molecule has 0 aromatic carbocycles. The Hall–Kier alpha value is -0.870. The van der Waals surface area contributed by atoms with Gasteiger partial charge in [-0.1, -0.05) is 0 Å². The number of aliphatic carboxylic acids is 1. The van der Waals surface area contributed by atoms with Gasteiger partial charge in [0.15, 0.2) is 6.10 Å². The minimum Gasteiger partial charge on any atom is -0.479 e. The van der Waals surface area contributed by atoms with Crippen LogP contribution in [0.4, 0.5) is 0 Å². The van der Waals surface area contributed by atoms with Gasteiger partial charge in [0.05, 0.1) is 0 Å². The zero-order valence-electron chi connectivity index (χ0n) is 5.98. The van der Waals surface area contributed by atoms with E-state index in [0.29, 0.717) is 5.56 Å². The number of rotatable bonds is 3. The molecule has 1 rings (SSSR count). The van der Waals surface area contributed by atoms with Gasteiger partial charge in [-0.25, -0.2) is 4.79 Å². The van der Waals surface area contributed by atoms with E-state index in [1.165, 1.54) is 18.4 Å². The summed E-state index contributed by atoms with van der Waals surface area (Å²) in [5, 5.41) is 12.2. The highest BCUT2D eigenvalue weighted by atomic mass is 32.1. The fraction of sp³-hybridized carbons (Fsp3) is 0.286. The monoisotopic (exact) mass is 172 g/mol. The molecule has 0 aliphatic rings. The molecule has 0 spiro atoms. The average molecular weight is 172 g/mol. The van der Waals surface area contributed by atoms with E-state index in [1.54, 1.807) is 11.4 Å². The Morgan fingerprint density at radius 2 is 2.55 bits per heavy atom. The summed E-state index contributed by atoms with van der Waals surface area (Å²) in [7, 11) is 1.39. The first-order chi connectivity index (χ1) is 5.25. The Balaban J connectivity index is 2.79. The van der Waals surface area contributed by atoms with Crippen molar-refractivity contribution in [3.8, 4) is 0 Å². The van der Waals surface area contributed by atoms with Crippen LogP contribution in [0.2, 0.25) is 0 Å². The van der Waals surface area contributed by atoms with Crippen molar-refractivity contribution < 1.29 is 14.6 Å². The van der Waals surface area contributed by atoms with Crippen molar-refractivity contribution in [2.75, 3.05) is 7.11 Å². The molecule has 0 amide bonds. The van der Waals surface area contributed by atoms with Crippen LogP contribution in [0.3, 0.4) is 0 Å². The highest BCUT2D eigenvalue weighted by Gasteiger charge is 2.18. The van der Waals surface area contributed by atoms with Gasteiger partial charge in [-0.3, -0.25) is 0 Å². The summed E-state index contributed by atoms with van der Waals surface area (Å²) in [5.74, 6) is -0.953. The van der Waals surface area contributed by atoms with E-state index < -0.39 is 12.1 Å². The Morgan fingerprint density at radius 1 is 1.82 bits per heavy atom. The average Bonchev–Trinajstić information content (AvgIpc) is 2.40. The zero-order valence-corrected chi connectivity index (χ0v) is 6.80. The van der Waals surface area contributed by atoms with Crippen molar-refractivity contribution in [1.29, 1.82) is 0 Å². The number of carboxylic acid groups (broad SMARTS) is 1. The number of carbonyl (C=O) groups is 1. The molecule has 1 N–H and O–H groups in total.